The first-order valence-electron chi connectivity index (χ1n) is 2.23. The summed E-state index contributed by atoms with van der Waals surface area (Å²) in [7, 11) is 0. The van der Waals surface area contributed by atoms with Crippen molar-refractivity contribution in [2.24, 2.45) is 5.73 Å². The van der Waals surface area contributed by atoms with E-state index in [1.807, 2.05) is 0 Å². The summed E-state index contributed by atoms with van der Waals surface area (Å²) >= 11 is 0.916. The zero-order chi connectivity index (χ0) is 4.41. The molecule has 0 aromatic carbocycles. The van der Waals surface area contributed by atoms with Crippen LogP contribution in [0.3, 0.4) is 0 Å². The van der Waals surface area contributed by atoms with Crippen LogP contribution in [0.5, 0.6) is 0 Å². The average Bonchev–Trinajstić information content (AvgIpc) is 1.86. The molecule has 1 rings (SSSR count). The van der Waals surface area contributed by atoms with Crippen molar-refractivity contribution in [3.05, 3.63) is 0 Å². The van der Waals surface area contributed by atoms with Gasteiger partial charge in [0.25, 0.3) is 0 Å². The van der Waals surface area contributed by atoms with Gasteiger partial charge in [-0.2, -0.15) is 0 Å². The van der Waals surface area contributed by atoms with Gasteiger partial charge in [-0.15, -0.1) is 0 Å². The quantitative estimate of drug-likeness (QED) is 0.492. The van der Waals surface area contributed by atoms with Gasteiger partial charge in [-0.25, -0.2) is 0 Å². The molecule has 36 valence electrons. The molecular weight excluding hydrogens is 141 g/mol. The van der Waals surface area contributed by atoms with Gasteiger partial charge >= 0.3 is 43.8 Å². The van der Waals surface area contributed by atoms with Crippen molar-refractivity contribution < 1.29 is 0 Å². The van der Waals surface area contributed by atoms with Gasteiger partial charge in [-0.3, -0.25) is 0 Å². The van der Waals surface area contributed by atoms with Gasteiger partial charge in [-0.05, 0) is 0 Å². The summed E-state index contributed by atoms with van der Waals surface area (Å²) in [5, 5.41) is 2.75. The maximum absolute atomic E-state index is 5.55. The van der Waals surface area contributed by atoms with E-state index in [-0.39, 0.29) is 0 Å². The second-order valence-corrected chi connectivity index (χ2v) is 4.04. The summed E-state index contributed by atoms with van der Waals surface area (Å²) < 4.78 is 0. The number of nitrogens with two attached hydrogens (primary N) is 1. The first kappa shape index (κ1) is 4.63. The molecule has 1 nitrogen and oxygen atoms in total. The van der Waals surface area contributed by atoms with E-state index < -0.39 is 0 Å². The van der Waals surface area contributed by atoms with Crippen LogP contribution >= 0.6 is 0 Å². The SMILES string of the molecule is NC1CC[Se]C1. The first-order chi connectivity index (χ1) is 2.89. The van der Waals surface area contributed by atoms with Gasteiger partial charge in [0.1, 0.15) is 0 Å². The molecule has 1 atom stereocenters. The molecule has 1 heterocycles. The third-order valence-corrected chi connectivity index (χ3v) is 3.46. The fourth-order valence-corrected chi connectivity index (χ4v) is 2.87. The van der Waals surface area contributed by atoms with Crippen molar-refractivity contribution >= 4 is 15.0 Å². The Kier molecular flexibility index (Phi) is 1.52. The summed E-state index contributed by atoms with van der Waals surface area (Å²) in [6.45, 7) is 0. The molecule has 0 radical (unpaired) electrons. The topological polar surface area (TPSA) is 26.0 Å². The van der Waals surface area contributed by atoms with Crippen molar-refractivity contribution in [1.29, 1.82) is 0 Å². The zero-order valence-corrected chi connectivity index (χ0v) is 5.40. The second kappa shape index (κ2) is 1.97. The molecule has 0 saturated carbocycles. The van der Waals surface area contributed by atoms with E-state index in [1.54, 1.807) is 0 Å². The van der Waals surface area contributed by atoms with E-state index in [9.17, 15) is 0 Å². The van der Waals surface area contributed by atoms with Crippen molar-refractivity contribution in [2.75, 3.05) is 0 Å². The molecule has 0 aromatic heterocycles. The summed E-state index contributed by atoms with van der Waals surface area (Å²) in [5.74, 6) is 0. The second-order valence-electron chi connectivity index (χ2n) is 1.62. The van der Waals surface area contributed by atoms with E-state index >= 15 is 0 Å². The third-order valence-electron chi connectivity index (χ3n) is 0.965. The van der Waals surface area contributed by atoms with Crippen LogP contribution < -0.4 is 5.73 Å². The number of hydrogen-bond acceptors (Lipinski definition) is 1. The molecule has 1 aliphatic heterocycles. The van der Waals surface area contributed by atoms with Crippen LogP contribution in [-0.4, -0.2) is 21.0 Å². The Bertz CT molecular complexity index is 40.8. The van der Waals surface area contributed by atoms with Crippen molar-refractivity contribution in [1.82, 2.24) is 0 Å². The summed E-state index contributed by atoms with van der Waals surface area (Å²) in [5.41, 5.74) is 5.55. The first-order valence-corrected chi connectivity index (χ1v) is 4.65. The van der Waals surface area contributed by atoms with Gasteiger partial charge in [0.05, 0.1) is 0 Å². The average molecular weight is 150 g/mol. The molecule has 2 N–H and O–H groups in total. The third kappa shape index (κ3) is 0.969. The Morgan fingerprint density at radius 3 is 2.67 bits per heavy atom. The molecule has 0 spiro atoms. The van der Waals surface area contributed by atoms with Crippen molar-refractivity contribution in [3.8, 4) is 0 Å². The van der Waals surface area contributed by atoms with E-state index in [4.69, 9.17) is 5.73 Å². The van der Waals surface area contributed by atoms with Crippen LogP contribution in [0.2, 0.25) is 10.6 Å². The van der Waals surface area contributed by atoms with Crippen LogP contribution in [0.4, 0.5) is 0 Å². The Morgan fingerprint density at radius 1 is 1.67 bits per heavy atom. The molecule has 1 fully saturated rings. The molecule has 1 aliphatic rings. The normalized spacial score (nSPS) is 34.5. The van der Waals surface area contributed by atoms with Gasteiger partial charge in [0, 0.05) is 0 Å². The van der Waals surface area contributed by atoms with E-state index in [0.717, 1.165) is 15.0 Å². The maximum atomic E-state index is 5.55. The number of hydrogen-bond donors (Lipinski definition) is 1. The standard InChI is InChI=1S/C4H9NSe/c5-4-1-2-6-3-4/h4H,1-3,5H2. The fourth-order valence-electron chi connectivity index (χ4n) is 0.553. The molecule has 0 aliphatic carbocycles. The molecule has 6 heavy (non-hydrogen) atoms. The van der Waals surface area contributed by atoms with E-state index in [0.29, 0.717) is 6.04 Å². The van der Waals surface area contributed by atoms with Crippen molar-refractivity contribution in [3.63, 3.8) is 0 Å². The van der Waals surface area contributed by atoms with Gasteiger partial charge in [-0.1, -0.05) is 0 Å². The van der Waals surface area contributed by atoms with Crippen LogP contribution in [0.25, 0.3) is 0 Å². The molecule has 0 amide bonds. The molecule has 1 saturated heterocycles. The Labute approximate surface area is 44.4 Å². The minimum atomic E-state index is 0.574. The zero-order valence-electron chi connectivity index (χ0n) is 3.68. The van der Waals surface area contributed by atoms with Gasteiger partial charge in [0.15, 0.2) is 0 Å². The van der Waals surface area contributed by atoms with Crippen LogP contribution in [0, 0.1) is 0 Å². The van der Waals surface area contributed by atoms with E-state index in [1.165, 1.54) is 17.1 Å². The Hall–Kier alpha value is 0.479. The summed E-state index contributed by atoms with van der Waals surface area (Å²) in [4.78, 5) is 0. The van der Waals surface area contributed by atoms with Crippen LogP contribution in [-0.2, 0) is 0 Å². The molecule has 0 bridgehead atoms. The van der Waals surface area contributed by atoms with E-state index in [2.05, 4.69) is 0 Å². The minimum absolute atomic E-state index is 0.574. The molecule has 2 heteroatoms. The summed E-state index contributed by atoms with van der Waals surface area (Å²) in [6, 6.07) is 0.574. The molecular formula is C4H9NSe. The van der Waals surface area contributed by atoms with Crippen molar-refractivity contribution in [2.45, 2.75) is 23.1 Å². The predicted octanol–water partition coefficient (Wildman–Crippen LogP) is 0.258. The molecule has 1 unspecified atom stereocenters. The van der Waals surface area contributed by atoms with Crippen LogP contribution in [0.1, 0.15) is 6.42 Å². The molecule has 0 aromatic rings. The Balaban J connectivity index is 2.18. The Morgan fingerprint density at radius 2 is 2.50 bits per heavy atom. The van der Waals surface area contributed by atoms with Crippen LogP contribution in [0.15, 0.2) is 0 Å². The monoisotopic (exact) mass is 151 g/mol. The van der Waals surface area contributed by atoms with Gasteiger partial charge in [0.2, 0.25) is 0 Å². The predicted molar refractivity (Wildman–Crippen MR) is 28.0 cm³/mol. The number of rotatable bonds is 0. The summed E-state index contributed by atoms with van der Waals surface area (Å²) in [6.07, 6.45) is 1.29. The van der Waals surface area contributed by atoms with Gasteiger partial charge < -0.3 is 0 Å². The fraction of sp³-hybridized carbons (Fsp3) is 1.00.